The average Bonchev–Trinajstić information content (AvgIpc) is 2.70. The average molecular weight is 243 g/mol. The lowest BCUT2D eigenvalue weighted by Crippen LogP contribution is -2.19. The monoisotopic (exact) mass is 243 g/mol. The lowest BCUT2D eigenvalue weighted by molar-refractivity contribution is 0.287. The van der Waals surface area contributed by atoms with E-state index in [0.717, 1.165) is 28.2 Å². The van der Waals surface area contributed by atoms with Crippen molar-refractivity contribution in [3.05, 3.63) is 23.3 Å². The zero-order valence-corrected chi connectivity index (χ0v) is 10.7. The van der Waals surface area contributed by atoms with Gasteiger partial charge in [-0.05, 0) is 60.7 Å². The van der Waals surface area contributed by atoms with Crippen molar-refractivity contribution in [2.24, 2.45) is 0 Å². The van der Waals surface area contributed by atoms with E-state index in [4.69, 9.17) is 5.73 Å². The Labute approximate surface area is 106 Å². The fourth-order valence-corrected chi connectivity index (χ4v) is 2.36. The van der Waals surface area contributed by atoms with E-state index in [1.165, 1.54) is 19.3 Å². The third-order valence-electron chi connectivity index (χ3n) is 3.77. The highest BCUT2D eigenvalue weighted by molar-refractivity contribution is 5.67. The van der Waals surface area contributed by atoms with Gasteiger partial charge >= 0.3 is 0 Å². The van der Waals surface area contributed by atoms with Gasteiger partial charge in [0, 0.05) is 11.3 Å². The molecular formula is C13H17N5. The minimum absolute atomic E-state index is 0.455. The van der Waals surface area contributed by atoms with Crippen LogP contribution in [0.5, 0.6) is 0 Å². The van der Waals surface area contributed by atoms with Crippen LogP contribution in [-0.4, -0.2) is 20.2 Å². The highest BCUT2D eigenvalue weighted by Crippen LogP contribution is 2.35. The van der Waals surface area contributed by atoms with E-state index in [2.05, 4.69) is 28.5 Å². The molecule has 0 amide bonds. The third-order valence-corrected chi connectivity index (χ3v) is 3.77. The smallest absolute Gasteiger partial charge is 0.182 e. The fourth-order valence-electron chi connectivity index (χ4n) is 2.36. The first kappa shape index (κ1) is 11.2. The van der Waals surface area contributed by atoms with Crippen LogP contribution in [0.1, 0.15) is 36.4 Å². The summed E-state index contributed by atoms with van der Waals surface area (Å²) in [5.74, 6) is 0.837. The highest BCUT2D eigenvalue weighted by atomic mass is 15.6. The second-order valence-corrected chi connectivity index (χ2v) is 5.06. The van der Waals surface area contributed by atoms with Gasteiger partial charge in [0.1, 0.15) is 0 Å². The largest absolute Gasteiger partial charge is 0.398 e. The molecule has 0 unspecified atom stereocenters. The van der Waals surface area contributed by atoms with Gasteiger partial charge < -0.3 is 5.73 Å². The minimum atomic E-state index is 0.455. The lowest BCUT2D eigenvalue weighted by atomic mass is 9.93. The summed E-state index contributed by atoms with van der Waals surface area (Å²) in [6, 6.07) is 4.52. The summed E-state index contributed by atoms with van der Waals surface area (Å²) in [6.07, 6.45) is 3.59. The van der Waals surface area contributed by atoms with Gasteiger partial charge in [0.05, 0.1) is 6.04 Å². The Morgan fingerprint density at radius 3 is 2.67 bits per heavy atom. The first-order chi connectivity index (χ1) is 8.66. The van der Waals surface area contributed by atoms with Crippen LogP contribution < -0.4 is 5.73 Å². The maximum absolute atomic E-state index is 5.99. The molecule has 2 aromatic rings. The Bertz CT molecular complexity index is 583. The highest BCUT2D eigenvalue weighted by Gasteiger charge is 2.25. The molecular weight excluding hydrogens is 226 g/mol. The van der Waals surface area contributed by atoms with Crippen molar-refractivity contribution < 1.29 is 0 Å². The van der Waals surface area contributed by atoms with Gasteiger partial charge in [-0.2, -0.15) is 0 Å². The molecule has 1 saturated carbocycles. The van der Waals surface area contributed by atoms with Crippen LogP contribution >= 0.6 is 0 Å². The SMILES string of the molecule is Cc1cc(C)c(-c2nnnn2C2CCC2)cc1N. The van der Waals surface area contributed by atoms with Crippen LogP contribution in [0, 0.1) is 13.8 Å². The van der Waals surface area contributed by atoms with Crippen molar-refractivity contribution >= 4 is 5.69 Å². The minimum Gasteiger partial charge on any atom is -0.398 e. The Morgan fingerprint density at radius 2 is 2.00 bits per heavy atom. The normalized spacial score (nSPS) is 15.7. The second kappa shape index (κ2) is 4.08. The number of aromatic nitrogens is 4. The number of hydrogen-bond acceptors (Lipinski definition) is 4. The molecule has 0 atom stereocenters. The van der Waals surface area contributed by atoms with Crippen molar-refractivity contribution in [3.8, 4) is 11.4 Å². The van der Waals surface area contributed by atoms with Crippen LogP contribution in [0.3, 0.4) is 0 Å². The van der Waals surface area contributed by atoms with Gasteiger partial charge in [-0.3, -0.25) is 0 Å². The molecule has 1 aliphatic rings. The first-order valence-corrected chi connectivity index (χ1v) is 6.32. The Kier molecular flexibility index (Phi) is 2.54. The summed E-state index contributed by atoms with van der Waals surface area (Å²) >= 11 is 0. The van der Waals surface area contributed by atoms with Crippen LogP contribution in [0.25, 0.3) is 11.4 Å². The van der Waals surface area contributed by atoms with Crippen LogP contribution in [0.2, 0.25) is 0 Å². The number of hydrogen-bond donors (Lipinski definition) is 1. The topological polar surface area (TPSA) is 69.6 Å². The Hall–Kier alpha value is -1.91. The summed E-state index contributed by atoms with van der Waals surface area (Å²) in [6.45, 7) is 4.09. The molecule has 5 heteroatoms. The number of rotatable bonds is 2. The molecule has 0 aliphatic heterocycles. The predicted octanol–water partition coefficient (Wildman–Crippen LogP) is 2.26. The maximum atomic E-state index is 5.99. The molecule has 0 spiro atoms. The quantitative estimate of drug-likeness (QED) is 0.821. The summed E-state index contributed by atoms with van der Waals surface area (Å²) < 4.78 is 1.95. The van der Waals surface area contributed by atoms with Crippen LogP contribution in [0.15, 0.2) is 12.1 Å². The van der Waals surface area contributed by atoms with E-state index in [0.29, 0.717) is 6.04 Å². The van der Waals surface area contributed by atoms with Crippen molar-refractivity contribution in [1.82, 2.24) is 20.2 Å². The van der Waals surface area contributed by atoms with Crippen molar-refractivity contribution in [2.45, 2.75) is 39.2 Å². The van der Waals surface area contributed by atoms with E-state index in [-0.39, 0.29) is 0 Å². The zero-order chi connectivity index (χ0) is 12.7. The molecule has 1 heterocycles. The number of aryl methyl sites for hydroxylation is 2. The fraction of sp³-hybridized carbons (Fsp3) is 0.462. The Morgan fingerprint density at radius 1 is 1.22 bits per heavy atom. The second-order valence-electron chi connectivity index (χ2n) is 5.06. The van der Waals surface area contributed by atoms with Gasteiger partial charge in [-0.15, -0.1) is 5.10 Å². The molecule has 0 radical (unpaired) electrons. The summed E-state index contributed by atoms with van der Waals surface area (Å²) in [7, 11) is 0. The zero-order valence-electron chi connectivity index (χ0n) is 10.7. The van der Waals surface area contributed by atoms with Gasteiger partial charge in [-0.25, -0.2) is 4.68 Å². The van der Waals surface area contributed by atoms with E-state index < -0.39 is 0 Å². The third kappa shape index (κ3) is 1.66. The molecule has 1 aliphatic carbocycles. The summed E-state index contributed by atoms with van der Waals surface area (Å²) in [4.78, 5) is 0. The molecule has 2 N–H and O–H groups in total. The molecule has 0 saturated heterocycles. The van der Waals surface area contributed by atoms with Crippen LogP contribution in [0.4, 0.5) is 5.69 Å². The molecule has 0 bridgehead atoms. The van der Waals surface area contributed by atoms with Gasteiger partial charge in [0.15, 0.2) is 5.82 Å². The lowest BCUT2D eigenvalue weighted by Gasteiger charge is -2.26. The Balaban J connectivity index is 2.09. The van der Waals surface area contributed by atoms with Crippen LogP contribution in [-0.2, 0) is 0 Å². The van der Waals surface area contributed by atoms with Gasteiger partial charge in [0.2, 0.25) is 0 Å². The first-order valence-electron chi connectivity index (χ1n) is 6.32. The van der Waals surface area contributed by atoms with Crippen molar-refractivity contribution in [3.63, 3.8) is 0 Å². The van der Waals surface area contributed by atoms with E-state index >= 15 is 0 Å². The number of nitrogen functional groups attached to an aromatic ring is 1. The molecule has 1 aromatic heterocycles. The van der Waals surface area contributed by atoms with Crippen molar-refractivity contribution in [1.29, 1.82) is 0 Å². The number of benzene rings is 1. The van der Waals surface area contributed by atoms with E-state index in [1.54, 1.807) is 0 Å². The van der Waals surface area contributed by atoms with E-state index in [9.17, 15) is 0 Å². The van der Waals surface area contributed by atoms with Gasteiger partial charge in [0.25, 0.3) is 0 Å². The molecule has 1 fully saturated rings. The number of nitrogens with zero attached hydrogens (tertiary/aromatic N) is 4. The maximum Gasteiger partial charge on any atom is 0.182 e. The number of nitrogens with two attached hydrogens (primary N) is 1. The number of tetrazole rings is 1. The standard InChI is InChI=1S/C13H17N5/c1-8-6-9(2)12(14)7-11(8)13-15-16-17-18(13)10-4-3-5-10/h6-7,10H,3-5,14H2,1-2H3. The molecule has 5 nitrogen and oxygen atoms in total. The summed E-state index contributed by atoms with van der Waals surface area (Å²) in [5.41, 5.74) is 10.1. The number of anilines is 1. The van der Waals surface area contributed by atoms with Crippen molar-refractivity contribution in [2.75, 3.05) is 5.73 Å². The predicted molar refractivity (Wildman–Crippen MR) is 70.0 cm³/mol. The molecule has 3 rings (SSSR count). The van der Waals surface area contributed by atoms with E-state index in [1.807, 2.05) is 17.7 Å². The van der Waals surface area contributed by atoms with Gasteiger partial charge in [-0.1, -0.05) is 6.07 Å². The molecule has 18 heavy (non-hydrogen) atoms. The molecule has 94 valence electrons. The molecule has 1 aromatic carbocycles. The summed E-state index contributed by atoms with van der Waals surface area (Å²) in [5, 5.41) is 12.1.